The number of hydrogen-bond donors (Lipinski definition) is 1. The van der Waals surface area contributed by atoms with E-state index in [0.717, 1.165) is 16.8 Å². The van der Waals surface area contributed by atoms with E-state index in [1.807, 2.05) is 48.5 Å². The molecule has 0 radical (unpaired) electrons. The fourth-order valence-corrected chi connectivity index (χ4v) is 3.14. The first-order valence-electron chi connectivity index (χ1n) is 7.49. The maximum absolute atomic E-state index is 6.02. The monoisotopic (exact) mass is 356 g/mol. The van der Waals surface area contributed by atoms with E-state index in [9.17, 15) is 0 Å². The molecule has 0 saturated heterocycles. The fourth-order valence-electron chi connectivity index (χ4n) is 2.88. The molecule has 4 nitrogen and oxygen atoms in total. The van der Waals surface area contributed by atoms with Gasteiger partial charge in [-0.1, -0.05) is 47.5 Å². The van der Waals surface area contributed by atoms with Gasteiger partial charge in [-0.15, -0.1) is 0 Å². The number of rotatable bonds is 2. The van der Waals surface area contributed by atoms with Gasteiger partial charge in [-0.25, -0.2) is 0 Å². The average molecular weight is 357 g/mol. The smallest absolute Gasteiger partial charge is 0.226 e. The number of nitrogens with one attached hydrogen (secondary N) is 1. The van der Waals surface area contributed by atoms with E-state index in [-0.39, 0.29) is 0 Å². The predicted octanol–water partition coefficient (Wildman–Crippen LogP) is 4.82. The van der Waals surface area contributed by atoms with Gasteiger partial charge in [0, 0.05) is 15.6 Å². The number of aromatic nitrogens is 3. The molecule has 120 valence electrons. The highest BCUT2D eigenvalue weighted by molar-refractivity contribution is 6.30. The largest absolute Gasteiger partial charge is 0.341 e. The molecule has 0 fully saturated rings. The number of anilines is 1. The molecule has 0 amide bonds. The van der Waals surface area contributed by atoms with Crippen molar-refractivity contribution in [2.45, 2.75) is 12.5 Å². The van der Waals surface area contributed by atoms with E-state index in [1.54, 1.807) is 11.0 Å². The molecule has 6 heteroatoms. The van der Waals surface area contributed by atoms with Crippen molar-refractivity contribution in [2.24, 2.45) is 0 Å². The normalized spacial score (nSPS) is 19.4. The molecule has 24 heavy (non-hydrogen) atoms. The summed E-state index contributed by atoms with van der Waals surface area (Å²) in [6.45, 7) is 2.10. The Morgan fingerprint density at radius 2 is 1.58 bits per heavy atom. The summed E-state index contributed by atoms with van der Waals surface area (Å²) in [4.78, 5) is 4.34. The van der Waals surface area contributed by atoms with Crippen molar-refractivity contribution >= 4 is 34.8 Å². The number of hydrogen-bond acceptors (Lipinski definition) is 3. The fraction of sp³-hybridized carbons (Fsp3) is 0.111. The van der Waals surface area contributed by atoms with E-state index >= 15 is 0 Å². The summed E-state index contributed by atoms with van der Waals surface area (Å²) in [6, 6.07) is 15.5. The zero-order chi connectivity index (χ0) is 16.7. The molecule has 3 aromatic rings. The van der Waals surface area contributed by atoms with Crippen LogP contribution in [0.4, 0.5) is 5.95 Å². The van der Waals surface area contributed by atoms with Gasteiger partial charge in [0.25, 0.3) is 0 Å². The molecule has 4 rings (SSSR count). The maximum Gasteiger partial charge on any atom is 0.226 e. The van der Waals surface area contributed by atoms with Crippen LogP contribution in [0.15, 0.2) is 60.9 Å². The Morgan fingerprint density at radius 1 is 0.958 bits per heavy atom. The summed E-state index contributed by atoms with van der Waals surface area (Å²) in [7, 11) is 0. The molecular formula is C18H14Cl2N4. The number of fused-ring (bicyclic) bond motifs is 1. The van der Waals surface area contributed by atoms with Gasteiger partial charge in [-0.05, 0) is 42.8 Å². The Balaban J connectivity index is 1.87. The molecule has 2 aromatic carbocycles. The van der Waals surface area contributed by atoms with Crippen LogP contribution in [0.25, 0.3) is 5.70 Å². The zero-order valence-corrected chi connectivity index (χ0v) is 14.4. The Morgan fingerprint density at radius 3 is 2.25 bits per heavy atom. The number of benzene rings is 2. The van der Waals surface area contributed by atoms with Gasteiger partial charge < -0.3 is 5.32 Å². The minimum atomic E-state index is -0.428. The average Bonchev–Trinajstić information content (AvgIpc) is 3.03. The lowest BCUT2D eigenvalue weighted by molar-refractivity contribution is 0.650. The van der Waals surface area contributed by atoms with E-state index < -0.39 is 5.54 Å². The van der Waals surface area contributed by atoms with Crippen LogP contribution in [-0.4, -0.2) is 14.8 Å². The third-order valence-electron chi connectivity index (χ3n) is 4.16. The molecule has 0 bridgehead atoms. The summed E-state index contributed by atoms with van der Waals surface area (Å²) in [5.74, 6) is 0.694. The molecule has 1 N–H and O–H groups in total. The molecule has 0 unspecified atom stereocenters. The second-order valence-electron chi connectivity index (χ2n) is 5.87. The first-order valence-corrected chi connectivity index (χ1v) is 8.24. The van der Waals surface area contributed by atoms with Crippen molar-refractivity contribution in [1.82, 2.24) is 14.8 Å². The SMILES string of the molecule is C[C@]1(c2ccc(Cl)cc2)C=C(c2ccc(Cl)cc2)n2ncnc2N1. The third kappa shape index (κ3) is 2.58. The molecule has 1 aromatic heterocycles. The highest BCUT2D eigenvalue weighted by Crippen LogP contribution is 2.36. The van der Waals surface area contributed by atoms with Crippen LogP contribution in [0.2, 0.25) is 10.0 Å². The summed E-state index contributed by atoms with van der Waals surface area (Å²) in [6.07, 6.45) is 3.68. The van der Waals surface area contributed by atoms with Gasteiger partial charge in [0.05, 0.1) is 11.2 Å². The van der Waals surface area contributed by atoms with Crippen LogP contribution in [0.5, 0.6) is 0 Å². The molecule has 1 aliphatic heterocycles. The lowest BCUT2D eigenvalue weighted by Crippen LogP contribution is -2.35. The Hall–Kier alpha value is -2.30. The van der Waals surface area contributed by atoms with Crippen molar-refractivity contribution in [3.8, 4) is 0 Å². The van der Waals surface area contributed by atoms with Crippen molar-refractivity contribution in [3.63, 3.8) is 0 Å². The van der Waals surface area contributed by atoms with Crippen molar-refractivity contribution in [2.75, 3.05) is 5.32 Å². The highest BCUT2D eigenvalue weighted by Gasteiger charge is 2.32. The van der Waals surface area contributed by atoms with Gasteiger partial charge in [0.2, 0.25) is 5.95 Å². The summed E-state index contributed by atoms with van der Waals surface area (Å²) in [5.41, 5.74) is 2.64. The molecule has 1 aliphatic rings. The van der Waals surface area contributed by atoms with Crippen LogP contribution < -0.4 is 5.32 Å². The summed E-state index contributed by atoms with van der Waals surface area (Å²) < 4.78 is 1.79. The van der Waals surface area contributed by atoms with E-state index in [0.29, 0.717) is 16.0 Å². The molecule has 0 spiro atoms. The van der Waals surface area contributed by atoms with Gasteiger partial charge in [-0.2, -0.15) is 14.8 Å². The van der Waals surface area contributed by atoms with Crippen molar-refractivity contribution in [3.05, 3.63) is 82.1 Å². The summed E-state index contributed by atoms with van der Waals surface area (Å²) in [5, 5.41) is 9.19. The molecule has 2 heterocycles. The quantitative estimate of drug-likeness (QED) is 0.715. The highest BCUT2D eigenvalue weighted by atomic mass is 35.5. The third-order valence-corrected chi connectivity index (χ3v) is 4.66. The van der Waals surface area contributed by atoms with Gasteiger partial charge in [0.15, 0.2) is 0 Å². The first-order chi connectivity index (χ1) is 11.5. The zero-order valence-electron chi connectivity index (χ0n) is 12.9. The Bertz CT molecular complexity index is 913. The van der Waals surface area contributed by atoms with Crippen LogP contribution in [0.3, 0.4) is 0 Å². The minimum Gasteiger partial charge on any atom is -0.341 e. The lowest BCUT2D eigenvalue weighted by atomic mass is 9.89. The van der Waals surface area contributed by atoms with Crippen LogP contribution in [0.1, 0.15) is 18.1 Å². The molecule has 0 saturated carbocycles. The van der Waals surface area contributed by atoms with Gasteiger partial charge in [-0.3, -0.25) is 0 Å². The minimum absolute atomic E-state index is 0.428. The second kappa shape index (κ2) is 5.65. The predicted molar refractivity (Wildman–Crippen MR) is 97.3 cm³/mol. The molecule has 0 aliphatic carbocycles. The van der Waals surface area contributed by atoms with Crippen LogP contribution in [-0.2, 0) is 5.54 Å². The lowest BCUT2D eigenvalue weighted by Gasteiger charge is -2.33. The van der Waals surface area contributed by atoms with Crippen LogP contribution >= 0.6 is 23.2 Å². The second-order valence-corrected chi connectivity index (χ2v) is 6.74. The van der Waals surface area contributed by atoms with E-state index in [2.05, 4.69) is 28.4 Å². The standard InChI is InChI=1S/C18H14Cl2N4/c1-18(13-4-8-15(20)9-5-13)10-16(12-2-6-14(19)7-3-12)24-17(23-18)21-11-22-24/h2-11H,1H3,(H,21,22,23)/t18-/m1/s1. The maximum atomic E-state index is 6.02. The number of nitrogens with zero attached hydrogens (tertiary/aromatic N) is 3. The van der Waals surface area contributed by atoms with Gasteiger partial charge >= 0.3 is 0 Å². The van der Waals surface area contributed by atoms with Gasteiger partial charge in [0.1, 0.15) is 6.33 Å². The topological polar surface area (TPSA) is 42.7 Å². The Labute approximate surface area is 149 Å². The summed E-state index contributed by atoms with van der Waals surface area (Å²) >= 11 is 12.0. The first kappa shape index (κ1) is 15.2. The van der Waals surface area contributed by atoms with E-state index in [1.165, 1.54) is 0 Å². The Kier molecular flexibility index (Phi) is 3.59. The molecule has 1 atom stereocenters. The number of halogens is 2. The van der Waals surface area contributed by atoms with Crippen molar-refractivity contribution < 1.29 is 0 Å². The van der Waals surface area contributed by atoms with Crippen molar-refractivity contribution in [1.29, 1.82) is 0 Å². The van der Waals surface area contributed by atoms with E-state index in [4.69, 9.17) is 23.2 Å². The molecular weight excluding hydrogens is 343 g/mol. The van der Waals surface area contributed by atoms with Crippen LogP contribution in [0, 0.1) is 0 Å².